The van der Waals surface area contributed by atoms with Crippen molar-refractivity contribution in [3.05, 3.63) is 64.0 Å². The average Bonchev–Trinajstić information content (AvgIpc) is 3.14. The Morgan fingerprint density at radius 2 is 1.64 bits per heavy atom. The Kier molecular flexibility index (Phi) is 5.29. The lowest BCUT2D eigenvalue weighted by atomic mass is 9.55. The van der Waals surface area contributed by atoms with E-state index >= 15 is 0 Å². The van der Waals surface area contributed by atoms with Gasteiger partial charge in [0.1, 0.15) is 5.75 Å². The molecular weight excluding hydrogens is 439 g/mol. The third kappa shape index (κ3) is 3.37. The molecule has 0 aliphatic heterocycles. The van der Waals surface area contributed by atoms with Crippen LogP contribution in [0.3, 0.4) is 0 Å². The van der Waals surface area contributed by atoms with Crippen molar-refractivity contribution in [1.29, 1.82) is 0 Å². The van der Waals surface area contributed by atoms with Crippen LogP contribution >= 0.6 is 0 Å². The summed E-state index contributed by atoms with van der Waals surface area (Å²) in [5.74, 6) is -8.48. The van der Waals surface area contributed by atoms with Crippen LogP contribution in [0.2, 0.25) is 0 Å². The number of aryl methyl sites for hydroxylation is 1. The molecule has 2 saturated carbocycles. The molecule has 0 saturated heterocycles. The Morgan fingerprint density at radius 1 is 0.939 bits per heavy atom. The van der Waals surface area contributed by atoms with Gasteiger partial charge in [0.25, 0.3) is 0 Å². The summed E-state index contributed by atoms with van der Waals surface area (Å²) >= 11 is 0. The fourth-order valence-electron chi connectivity index (χ4n) is 6.41. The molecule has 4 atom stereocenters. The van der Waals surface area contributed by atoms with Gasteiger partial charge in [-0.2, -0.15) is 10.2 Å². The molecule has 0 radical (unpaired) electrons. The van der Waals surface area contributed by atoms with Gasteiger partial charge in [-0.05, 0) is 79.5 Å². The van der Waals surface area contributed by atoms with Gasteiger partial charge >= 0.3 is 0 Å². The number of halogens is 5. The zero-order chi connectivity index (χ0) is 23.5. The number of nitrogens with zero attached hydrogens (tertiary/aromatic N) is 2. The Bertz CT molecular complexity index is 1160. The minimum atomic E-state index is -2.19. The summed E-state index contributed by atoms with van der Waals surface area (Å²) in [5.41, 5.74) is 2.01. The zero-order valence-electron chi connectivity index (χ0n) is 18.0. The van der Waals surface area contributed by atoms with Gasteiger partial charge < -0.3 is 5.11 Å². The first kappa shape index (κ1) is 22.0. The van der Waals surface area contributed by atoms with Crippen LogP contribution < -0.4 is 0 Å². The van der Waals surface area contributed by atoms with Crippen molar-refractivity contribution in [1.82, 2.24) is 0 Å². The van der Waals surface area contributed by atoms with Gasteiger partial charge in [0.15, 0.2) is 23.3 Å². The SMILES string of the molecule is C[C@@]12CC[C@H]3c4ccc(O)cc4CC[C@@H]3[C@@H]1CC/C2=N/N=C\c1c(F)c(F)c(F)c(F)c1F. The molecule has 0 spiro atoms. The minimum absolute atomic E-state index is 0.219. The molecule has 3 aliphatic rings. The highest BCUT2D eigenvalue weighted by Gasteiger charge is 2.53. The summed E-state index contributed by atoms with van der Waals surface area (Å²) in [7, 11) is 0. The summed E-state index contributed by atoms with van der Waals surface area (Å²) in [6.07, 6.45) is 5.95. The van der Waals surface area contributed by atoms with E-state index in [9.17, 15) is 27.1 Å². The Balaban J connectivity index is 1.41. The van der Waals surface area contributed by atoms with Crippen LogP contribution in [0.4, 0.5) is 22.0 Å². The summed E-state index contributed by atoms with van der Waals surface area (Å²) in [6.45, 7) is 2.14. The number of benzene rings is 2. The van der Waals surface area contributed by atoms with Crippen LogP contribution in [0.25, 0.3) is 0 Å². The van der Waals surface area contributed by atoms with Gasteiger partial charge in [-0.15, -0.1) is 0 Å². The van der Waals surface area contributed by atoms with Crippen molar-refractivity contribution < 1.29 is 27.1 Å². The number of phenols is 1. The van der Waals surface area contributed by atoms with Crippen molar-refractivity contribution in [2.45, 2.75) is 51.4 Å². The Morgan fingerprint density at radius 3 is 2.36 bits per heavy atom. The molecule has 33 heavy (non-hydrogen) atoms. The van der Waals surface area contributed by atoms with E-state index in [0.29, 0.717) is 30.4 Å². The van der Waals surface area contributed by atoms with Gasteiger partial charge in [-0.25, -0.2) is 22.0 Å². The second-order valence-corrected chi connectivity index (χ2v) is 9.57. The van der Waals surface area contributed by atoms with E-state index in [1.54, 1.807) is 6.07 Å². The standard InChI is InChI=1S/C25H23F5N2O/c1-25-9-8-15-14-5-3-13(33)10-12(14)2-4-16(15)18(25)6-7-19(25)32-31-11-17-20(26)22(28)24(30)23(29)21(17)27/h3,5,10-11,15-16,18,33H,2,4,6-9H2,1H3/b31-11-,32-19-/t15-,16-,18-,25+/m0/s1. The molecule has 0 unspecified atom stereocenters. The van der Waals surface area contributed by atoms with E-state index in [0.717, 1.165) is 37.8 Å². The lowest BCUT2D eigenvalue weighted by molar-refractivity contribution is 0.0955. The molecule has 3 aliphatic carbocycles. The predicted molar refractivity (Wildman–Crippen MR) is 114 cm³/mol. The van der Waals surface area contributed by atoms with Crippen molar-refractivity contribution in [3.63, 3.8) is 0 Å². The van der Waals surface area contributed by atoms with Crippen LogP contribution in [0, 0.1) is 46.3 Å². The van der Waals surface area contributed by atoms with Gasteiger partial charge in [-0.1, -0.05) is 13.0 Å². The highest BCUT2D eigenvalue weighted by atomic mass is 19.2. The maximum absolute atomic E-state index is 13.9. The number of hydrogen-bond acceptors (Lipinski definition) is 3. The average molecular weight is 462 g/mol. The van der Waals surface area contributed by atoms with E-state index in [4.69, 9.17) is 0 Å². The molecule has 0 bridgehead atoms. The van der Waals surface area contributed by atoms with Crippen LogP contribution in [-0.2, 0) is 6.42 Å². The van der Waals surface area contributed by atoms with Gasteiger partial charge in [0.05, 0.1) is 11.8 Å². The maximum Gasteiger partial charge on any atom is 0.200 e. The number of rotatable bonds is 2. The fourth-order valence-corrected chi connectivity index (χ4v) is 6.41. The van der Waals surface area contributed by atoms with Crippen LogP contribution in [0.1, 0.15) is 61.6 Å². The summed E-state index contributed by atoms with van der Waals surface area (Å²) in [6, 6.07) is 5.63. The smallest absolute Gasteiger partial charge is 0.200 e. The van der Waals surface area contributed by atoms with E-state index in [1.165, 1.54) is 11.1 Å². The fraction of sp³-hybridized carbons (Fsp3) is 0.440. The molecule has 0 amide bonds. The Hall–Kier alpha value is -2.77. The molecule has 5 rings (SSSR count). The quantitative estimate of drug-likeness (QED) is 0.181. The van der Waals surface area contributed by atoms with Gasteiger partial charge in [-0.3, -0.25) is 0 Å². The molecule has 2 aromatic carbocycles. The van der Waals surface area contributed by atoms with Crippen LogP contribution in [-0.4, -0.2) is 17.0 Å². The van der Waals surface area contributed by atoms with E-state index < -0.39 is 34.6 Å². The molecule has 2 fully saturated rings. The summed E-state index contributed by atoms with van der Waals surface area (Å²) in [4.78, 5) is 0. The molecule has 1 N–H and O–H groups in total. The largest absolute Gasteiger partial charge is 0.508 e. The highest BCUT2D eigenvalue weighted by Crippen LogP contribution is 2.60. The second kappa shape index (κ2) is 7.92. The molecule has 3 nitrogen and oxygen atoms in total. The number of aromatic hydroxyl groups is 1. The first-order chi connectivity index (χ1) is 15.7. The molecule has 174 valence electrons. The van der Waals surface area contributed by atoms with Gasteiger partial charge in [0, 0.05) is 11.1 Å². The summed E-state index contributed by atoms with van der Waals surface area (Å²) < 4.78 is 67.9. The first-order valence-corrected chi connectivity index (χ1v) is 11.2. The molecule has 0 heterocycles. The lowest BCUT2D eigenvalue weighted by Crippen LogP contribution is -2.42. The maximum atomic E-state index is 13.9. The third-order valence-corrected chi connectivity index (χ3v) is 8.06. The monoisotopic (exact) mass is 462 g/mol. The zero-order valence-corrected chi connectivity index (χ0v) is 18.0. The van der Waals surface area contributed by atoms with E-state index in [2.05, 4.69) is 17.1 Å². The second-order valence-electron chi connectivity index (χ2n) is 9.57. The number of phenolic OH excluding ortho intramolecular Hbond substituents is 1. The van der Waals surface area contributed by atoms with Crippen LogP contribution in [0.15, 0.2) is 28.4 Å². The predicted octanol–water partition coefficient (Wildman–Crippen LogP) is 6.42. The highest BCUT2D eigenvalue weighted by molar-refractivity contribution is 5.93. The van der Waals surface area contributed by atoms with Crippen molar-refractivity contribution in [2.75, 3.05) is 0 Å². The van der Waals surface area contributed by atoms with Crippen molar-refractivity contribution >= 4 is 11.9 Å². The minimum Gasteiger partial charge on any atom is -0.508 e. The van der Waals surface area contributed by atoms with Gasteiger partial charge in [0.2, 0.25) is 5.82 Å². The molecule has 8 heteroatoms. The number of hydrogen-bond donors (Lipinski definition) is 1. The molecule has 2 aromatic rings. The lowest BCUT2D eigenvalue weighted by Gasteiger charge is -2.49. The van der Waals surface area contributed by atoms with E-state index in [-0.39, 0.29) is 11.2 Å². The summed E-state index contributed by atoms with van der Waals surface area (Å²) in [5, 5.41) is 17.8. The number of fused-ring (bicyclic) bond motifs is 5. The van der Waals surface area contributed by atoms with Crippen molar-refractivity contribution in [2.24, 2.45) is 27.5 Å². The molecule has 0 aromatic heterocycles. The van der Waals surface area contributed by atoms with Crippen molar-refractivity contribution in [3.8, 4) is 5.75 Å². The topological polar surface area (TPSA) is 45.0 Å². The first-order valence-electron chi connectivity index (χ1n) is 11.2. The Labute approximate surface area is 188 Å². The molecular formula is C25H23F5N2O. The third-order valence-electron chi connectivity index (χ3n) is 8.06. The van der Waals surface area contributed by atoms with E-state index in [1.807, 2.05) is 12.1 Å². The van der Waals surface area contributed by atoms with Crippen LogP contribution in [0.5, 0.6) is 5.75 Å². The normalized spacial score (nSPS) is 29.9.